The second-order valence-corrected chi connectivity index (χ2v) is 4.60. The van der Waals surface area contributed by atoms with Gasteiger partial charge in [-0.3, -0.25) is 4.90 Å². The summed E-state index contributed by atoms with van der Waals surface area (Å²) in [5.74, 6) is 0. The summed E-state index contributed by atoms with van der Waals surface area (Å²) in [7, 11) is 3.61. The Balaban J connectivity index is 2.04. The van der Waals surface area contributed by atoms with E-state index in [0.29, 0.717) is 11.6 Å². The third-order valence-electron chi connectivity index (χ3n) is 3.81. The van der Waals surface area contributed by atoms with Crippen LogP contribution < -0.4 is 0 Å². The van der Waals surface area contributed by atoms with Crippen LogP contribution in [0.25, 0.3) is 0 Å². The zero-order valence-corrected chi connectivity index (χ0v) is 9.29. The number of methoxy groups -OCH3 is 2. The van der Waals surface area contributed by atoms with E-state index in [9.17, 15) is 0 Å². The topological polar surface area (TPSA) is 21.7 Å². The van der Waals surface area contributed by atoms with Gasteiger partial charge in [-0.2, -0.15) is 0 Å². The number of nitrogens with zero attached hydrogens (tertiary/aromatic N) is 1. The predicted molar refractivity (Wildman–Crippen MR) is 55.4 cm³/mol. The molecule has 0 aromatic heterocycles. The van der Waals surface area contributed by atoms with Gasteiger partial charge in [-0.05, 0) is 32.2 Å². The van der Waals surface area contributed by atoms with Crippen LogP contribution in [-0.4, -0.2) is 50.5 Å². The molecule has 82 valence electrons. The maximum absolute atomic E-state index is 5.37. The molecule has 0 aromatic rings. The van der Waals surface area contributed by atoms with E-state index in [0.717, 1.165) is 13.2 Å². The highest BCUT2D eigenvalue weighted by atomic mass is 16.5. The van der Waals surface area contributed by atoms with E-state index in [4.69, 9.17) is 9.47 Å². The highest BCUT2D eigenvalue weighted by Gasteiger charge is 2.48. The summed E-state index contributed by atoms with van der Waals surface area (Å²) in [6, 6.07) is 0.637. The molecule has 2 saturated heterocycles. The van der Waals surface area contributed by atoms with Crippen LogP contribution in [-0.2, 0) is 9.47 Å². The van der Waals surface area contributed by atoms with Gasteiger partial charge in [0.2, 0.25) is 0 Å². The largest absolute Gasteiger partial charge is 0.383 e. The van der Waals surface area contributed by atoms with E-state index in [1.807, 2.05) is 7.11 Å². The van der Waals surface area contributed by atoms with Crippen molar-refractivity contribution < 1.29 is 9.47 Å². The lowest BCUT2D eigenvalue weighted by Crippen LogP contribution is -2.46. The van der Waals surface area contributed by atoms with Gasteiger partial charge in [-0.25, -0.2) is 0 Å². The first-order valence-electron chi connectivity index (χ1n) is 5.57. The molecule has 0 N–H and O–H groups in total. The minimum absolute atomic E-state index is 0.359. The van der Waals surface area contributed by atoms with E-state index in [2.05, 4.69) is 4.90 Å². The van der Waals surface area contributed by atoms with Crippen molar-refractivity contribution in [3.63, 3.8) is 0 Å². The molecular formula is C11H21NO2. The molecule has 2 rings (SSSR count). The first-order chi connectivity index (χ1) is 6.82. The molecule has 0 saturated carbocycles. The summed E-state index contributed by atoms with van der Waals surface area (Å²) < 4.78 is 10.6. The molecule has 3 nitrogen and oxygen atoms in total. The first kappa shape index (κ1) is 10.4. The Morgan fingerprint density at radius 2 is 2.14 bits per heavy atom. The van der Waals surface area contributed by atoms with Crippen LogP contribution >= 0.6 is 0 Å². The van der Waals surface area contributed by atoms with Crippen molar-refractivity contribution in [2.24, 2.45) is 0 Å². The van der Waals surface area contributed by atoms with Gasteiger partial charge in [0.25, 0.3) is 0 Å². The van der Waals surface area contributed by atoms with Crippen molar-refractivity contribution in [1.29, 1.82) is 0 Å². The van der Waals surface area contributed by atoms with Crippen molar-refractivity contribution in [3.8, 4) is 0 Å². The zero-order valence-electron chi connectivity index (χ0n) is 9.29. The molecule has 0 bridgehead atoms. The Labute approximate surface area is 86.4 Å². The normalized spacial score (nSPS) is 37.7. The fraction of sp³-hybridized carbons (Fsp3) is 1.00. The Morgan fingerprint density at radius 3 is 2.86 bits per heavy atom. The van der Waals surface area contributed by atoms with Gasteiger partial charge in [0.1, 0.15) is 0 Å². The molecule has 2 heterocycles. The highest BCUT2D eigenvalue weighted by molar-refractivity contribution is 5.04. The molecule has 14 heavy (non-hydrogen) atoms. The number of hydrogen-bond donors (Lipinski definition) is 0. The number of fused-ring (bicyclic) bond motifs is 1. The minimum Gasteiger partial charge on any atom is -0.383 e. The fourth-order valence-corrected chi connectivity index (χ4v) is 3.25. The molecule has 2 atom stereocenters. The molecule has 0 aliphatic carbocycles. The van der Waals surface area contributed by atoms with Gasteiger partial charge in [0, 0.05) is 25.8 Å². The van der Waals surface area contributed by atoms with Gasteiger partial charge >= 0.3 is 0 Å². The van der Waals surface area contributed by atoms with Crippen molar-refractivity contribution in [2.45, 2.75) is 37.3 Å². The molecule has 0 aromatic carbocycles. The summed E-state index contributed by atoms with van der Waals surface area (Å²) in [5.41, 5.74) is 0.359. The molecule has 0 radical (unpaired) electrons. The summed E-state index contributed by atoms with van der Waals surface area (Å²) in [5, 5.41) is 0. The first-order valence-corrected chi connectivity index (χ1v) is 5.57. The average molecular weight is 199 g/mol. The van der Waals surface area contributed by atoms with Crippen LogP contribution in [0.2, 0.25) is 0 Å². The molecule has 2 unspecified atom stereocenters. The molecule has 2 aliphatic heterocycles. The van der Waals surface area contributed by atoms with E-state index in [-0.39, 0.29) is 0 Å². The molecule has 3 heteroatoms. The van der Waals surface area contributed by atoms with Gasteiger partial charge < -0.3 is 9.47 Å². The van der Waals surface area contributed by atoms with Gasteiger partial charge in [-0.1, -0.05) is 0 Å². The Morgan fingerprint density at radius 1 is 1.29 bits per heavy atom. The van der Waals surface area contributed by atoms with Crippen LogP contribution in [0.4, 0.5) is 0 Å². The number of rotatable bonds is 4. The quantitative estimate of drug-likeness (QED) is 0.680. The zero-order chi connectivity index (χ0) is 10.0. The van der Waals surface area contributed by atoms with Gasteiger partial charge in [0.15, 0.2) is 0 Å². The summed E-state index contributed by atoms with van der Waals surface area (Å²) >= 11 is 0. The van der Waals surface area contributed by atoms with Crippen LogP contribution in [0.3, 0.4) is 0 Å². The van der Waals surface area contributed by atoms with E-state index in [1.165, 1.54) is 32.2 Å². The van der Waals surface area contributed by atoms with Crippen molar-refractivity contribution >= 4 is 0 Å². The smallest absolute Gasteiger partial charge is 0.0646 e. The molecule has 2 fully saturated rings. The maximum atomic E-state index is 5.37. The molecule has 0 amide bonds. The van der Waals surface area contributed by atoms with E-state index in [1.54, 1.807) is 7.11 Å². The van der Waals surface area contributed by atoms with Gasteiger partial charge in [0.05, 0.1) is 13.2 Å². The monoisotopic (exact) mass is 199 g/mol. The van der Waals surface area contributed by atoms with Crippen molar-refractivity contribution in [1.82, 2.24) is 4.90 Å². The summed E-state index contributed by atoms with van der Waals surface area (Å²) in [6.07, 6.45) is 5.19. The maximum Gasteiger partial charge on any atom is 0.0646 e. The van der Waals surface area contributed by atoms with E-state index >= 15 is 0 Å². The second-order valence-electron chi connectivity index (χ2n) is 4.60. The lowest BCUT2D eigenvalue weighted by Gasteiger charge is -2.34. The van der Waals surface area contributed by atoms with Crippen molar-refractivity contribution in [3.05, 3.63) is 0 Å². The number of ether oxygens (including phenoxy) is 2. The van der Waals surface area contributed by atoms with E-state index < -0.39 is 0 Å². The Hall–Kier alpha value is -0.120. The highest BCUT2D eigenvalue weighted by Crippen LogP contribution is 2.42. The lowest BCUT2D eigenvalue weighted by atomic mass is 9.95. The minimum atomic E-state index is 0.359. The van der Waals surface area contributed by atoms with Gasteiger partial charge in [-0.15, -0.1) is 0 Å². The van der Waals surface area contributed by atoms with Crippen LogP contribution in [0.1, 0.15) is 25.7 Å². The Bertz CT molecular complexity index is 198. The van der Waals surface area contributed by atoms with Crippen molar-refractivity contribution in [2.75, 3.05) is 34.0 Å². The average Bonchev–Trinajstić information content (AvgIpc) is 2.68. The predicted octanol–water partition coefficient (Wildman–Crippen LogP) is 1.28. The summed E-state index contributed by atoms with van der Waals surface area (Å²) in [6.45, 7) is 3.01. The standard InChI is InChI=1S/C11H21NO2/c1-13-8-10-4-6-11(9-14-2)5-3-7-12(10)11/h10H,3-9H2,1-2H3. The lowest BCUT2D eigenvalue weighted by molar-refractivity contribution is 0.0301. The number of hydrogen-bond acceptors (Lipinski definition) is 3. The van der Waals surface area contributed by atoms with Crippen LogP contribution in [0.5, 0.6) is 0 Å². The molecule has 2 aliphatic rings. The SMILES string of the molecule is COCC1CCC2(COC)CCCN12. The van der Waals surface area contributed by atoms with Crippen LogP contribution in [0.15, 0.2) is 0 Å². The Kier molecular flexibility index (Phi) is 3.10. The fourth-order valence-electron chi connectivity index (χ4n) is 3.25. The third kappa shape index (κ3) is 1.58. The van der Waals surface area contributed by atoms with Crippen LogP contribution in [0, 0.1) is 0 Å². The summed E-state index contributed by atoms with van der Waals surface area (Å²) in [4.78, 5) is 2.62. The molecular weight excluding hydrogens is 178 g/mol. The third-order valence-corrected chi connectivity index (χ3v) is 3.81. The molecule has 0 spiro atoms. The second kappa shape index (κ2) is 4.17.